The third-order valence-corrected chi connectivity index (χ3v) is 5.09. The molecule has 0 spiro atoms. The van der Waals surface area contributed by atoms with Crippen LogP contribution in [0.5, 0.6) is 0 Å². The van der Waals surface area contributed by atoms with Gasteiger partial charge in [-0.2, -0.15) is 0 Å². The number of nitrogens with one attached hydrogen (secondary N) is 1. The summed E-state index contributed by atoms with van der Waals surface area (Å²) in [5.74, 6) is -3.47. The van der Waals surface area contributed by atoms with Gasteiger partial charge in [0.25, 0.3) is 0 Å². The minimum atomic E-state index is -1.02. The van der Waals surface area contributed by atoms with Gasteiger partial charge in [-0.3, -0.25) is 14.4 Å². The van der Waals surface area contributed by atoms with Crippen LogP contribution >= 0.6 is 23.2 Å². The number of halogens is 2. The van der Waals surface area contributed by atoms with Gasteiger partial charge in [0, 0.05) is 0 Å². The molecule has 0 fully saturated rings. The number of carbonyl (C=O) groups excluding carboxylic acids is 2. The molecule has 0 radical (unpaired) electrons. The first kappa shape index (κ1) is 20.3. The zero-order chi connectivity index (χ0) is 19.3. The summed E-state index contributed by atoms with van der Waals surface area (Å²) in [7, 11) is 1.25. The maximum atomic E-state index is 12.7. The zero-order valence-electron chi connectivity index (χ0n) is 14.1. The number of benzene rings is 1. The summed E-state index contributed by atoms with van der Waals surface area (Å²) in [5, 5.41) is 12.7. The highest BCUT2D eigenvalue weighted by Gasteiger charge is 2.35. The quantitative estimate of drug-likeness (QED) is 0.564. The number of allylic oxidation sites excluding steroid dienone is 2. The summed E-state index contributed by atoms with van der Waals surface area (Å²) in [6.45, 7) is 0. The second-order valence-electron chi connectivity index (χ2n) is 6.01. The Morgan fingerprint density at radius 3 is 2.42 bits per heavy atom. The van der Waals surface area contributed by atoms with Gasteiger partial charge in [-0.15, -0.1) is 0 Å². The molecule has 2 rings (SSSR count). The molecule has 1 amide bonds. The fraction of sp³-hybridized carbons (Fsp3) is 0.389. The Bertz CT molecular complexity index is 734. The average Bonchev–Trinajstić information content (AvgIpc) is 2.63. The second-order valence-corrected chi connectivity index (χ2v) is 6.82. The van der Waals surface area contributed by atoms with Crippen molar-refractivity contribution in [1.29, 1.82) is 0 Å². The molecular weight excluding hydrogens is 381 g/mol. The highest BCUT2D eigenvalue weighted by atomic mass is 35.5. The van der Waals surface area contributed by atoms with Crippen LogP contribution in [-0.4, -0.2) is 30.1 Å². The van der Waals surface area contributed by atoms with Crippen LogP contribution in [0, 0.1) is 11.8 Å². The number of ether oxygens (including phenoxy) is 1. The van der Waals surface area contributed by atoms with Crippen molar-refractivity contribution in [3.63, 3.8) is 0 Å². The van der Waals surface area contributed by atoms with E-state index in [9.17, 15) is 19.5 Å². The van der Waals surface area contributed by atoms with Gasteiger partial charge in [0.15, 0.2) is 0 Å². The summed E-state index contributed by atoms with van der Waals surface area (Å²) >= 11 is 11.9. The maximum Gasteiger partial charge on any atom is 0.307 e. The molecule has 6 nitrogen and oxygen atoms in total. The van der Waals surface area contributed by atoms with Gasteiger partial charge in [-0.25, -0.2) is 0 Å². The van der Waals surface area contributed by atoms with E-state index in [0.29, 0.717) is 23.4 Å². The molecule has 140 valence electrons. The van der Waals surface area contributed by atoms with Gasteiger partial charge in [-0.1, -0.05) is 41.4 Å². The van der Waals surface area contributed by atoms with Crippen LogP contribution in [0.1, 0.15) is 30.9 Å². The van der Waals surface area contributed by atoms with Gasteiger partial charge >= 0.3 is 11.9 Å². The molecule has 3 atom stereocenters. The predicted octanol–water partition coefficient (Wildman–Crippen LogP) is 3.38. The Morgan fingerprint density at radius 1 is 1.19 bits per heavy atom. The van der Waals surface area contributed by atoms with Crippen LogP contribution in [0.25, 0.3) is 0 Å². The second kappa shape index (κ2) is 9.05. The number of rotatable bonds is 6. The Hall–Kier alpha value is -2.05. The summed E-state index contributed by atoms with van der Waals surface area (Å²) in [5.41, 5.74) is 0.580. The van der Waals surface area contributed by atoms with Crippen molar-refractivity contribution in [3.8, 4) is 0 Å². The summed E-state index contributed by atoms with van der Waals surface area (Å²) in [6.07, 6.45) is 4.06. The van der Waals surface area contributed by atoms with Crippen molar-refractivity contribution < 1.29 is 24.2 Å². The average molecular weight is 400 g/mol. The number of carbonyl (C=O) groups is 3. The van der Waals surface area contributed by atoms with Crippen LogP contribution in [0.2, 0.25) is 10.0 Å². The lowest BCUT2D eigenvalue weighted by atomic mass is 9.82. The largest absolute Gasteiger partial charge is 0.481 e. The minimum absolute atomic E-state index is 0.111. The summed E-state index contributed by atoms with van der Waals surface area (Å²) < 4.78 is 4.69. The molecule has 0 saturated carbocycles. The molecule has 0 bridgehead atoms. The number of carboxylic acid groups (broad SMARTS) is 1. The van der Waals surface area contributed by atoms with Crippen molar-refractivity contribution in [2.45, 2.75) is 25.3 Å². The number of aliphatic carboxylic acids is 1. The number of hydrogen-bond acceptors (Lipinski definition) is 4. The Kier molecular flexibility index (Phi) is 7.06. The summed E-state index contributed by atoms with van der Waals surface area (Å²) in [6, 6.07) is 4.08. The Balaban J connectivity index is 2.23. The molecule has 1 aromatic carbocycles. The summed E-state index contributed by atoms with van der Waals surface area (Å²) in [4.78, 5) is 35.8. The molecule has 1 aliphatic rings. The molecule has 2 N–H and O–H groups in total. The minimum Gasteiger partial charge on any atom is -0.481 e. The fourth-order valence-electron chi connectivity index (χ4n) is 2.89. The normalized spacial score (nSPS) is 20.3. The number of carboxylic acids is 1. The first-order valence-electron chi connectivity index (χ1n) is 8.03. The van der Waals surface area contributed by atoms with E-state index in [0.717, 1.165) is 0 Å². The van der Waals surface area contributed by atoms with Crippen LogP contribution in [0.4, 0.5) is 0 Å². The lowest BCUT2D eigenvalue weighted by Gasteiger charge is -2.27. The number of methoxy groups -OCH3 is 1. The van der Waals surface area contributed by atoms with E-state index < -0.39 is 35.7 Å². The van der Waals surface area contributed by atoms with E-state index >= 15 is 0 Å². The molecule has 26 heavy (non-hydrogen) atoms. The molecule has 0 unspecified atom stereocenters. The third kappa shape index (κ3) is 4.99. The van der Waals surface area contributed by atoms with Crippen molar-refractivity contribution in [3.05, 3.63) is 46.0 Å². The fourth-order valence-corrected chi connectivity index (χ4v) is 3.19. The van der Waals surface area contributed by atoms with Crippen LogP contribution in [0.15, 0.2) is 30.4 Å². The van der Waals surface area contributed by atoms with Gasteiger partial charge in [0.1, 0.15) is 0 Å². The lowest BCUT2D eigenvalue weighted by Crippen LogP contribution is -2.41. The number of amides is 1. The van der Waals surface area contributed by atoms with Gasteiger partial charge in [-0.05, 0) is 30.5 Å². The molecule has 1 aliphatic carbocycles. The molecule has 0 aromatic heterocycles. The van der Waals surface area contributed by atoms with Crippen molar-refractivity contribution in [2.75, 3.05) is 7.11 Å². The van der Waals surface area contributed by atoms with Crippen molar-refractivity contribution >= 4 is 41.0 Å². The van der Waals surface area contributed by atoms with E-state index in [1.54, 1.807) is 30.4 Å². The van der Waals surface area contributed by atoms with Gasteiger partial charge in [0.05, 0.1) is 41.5 Å². The first-order valence-corrected chi connectivity index (χ1v) is 8.79. The first-order chi connectivity index (χ1) is 12.3. The number of esters is 1. The Morgan fingerprint density at radius 2 is 1.85 bits per heavy atom. The highest BCUT2D eigenvalue weighted by Crippen LogP contribution is 2.30. The smallest absolute Gasteiger partial charge is 0.307 e. The van der Waals surface area contributed by atoms with E-state index in [1.165, 1.54) is 7.11 Å². The van der Waals surface area contributed by atoms with E-state index in [1.807, 2.05) is 0 Å². The molecule has 0 aliphatic heterocycles. The molecule has 0 heterocycles. The molecule has 0 saturated heterocycles. The van der Waals surface area contributed by atoms with E-state index in [4.69, 9.17) is 23.2 Å². The Labute approximate surface area is 161 Å². The lowest BCUT2D eigenvalue weighted by molar-refractivity contribution is -0.148. The van der Waals surface area contributed by atoms with E-state index in [2.05, 4.69) is 10.1 Å². The zero-order valence-corrected chi connectivity index (χ0v) is 15.6. The maximum absolute atomic E-state index is 12.7. The van der Waals surface area contributed by atoms with Crippen molar-refractivity contribution in [2.24, 2.45) is 11.8 Å². The highest BCUT2D eigenvalue weighted by molar-refractivity contribution is 6.42. The topological polar surface area (TPSA) is 92.7 Å². The molecule has 8 heteroatoms. The predicted molar refractivity (Wildman–Crippen MR) is 97.0 cm³/mol. The third-order valence-electron chi connectivity index (χ3n) is 4.35. The van der Waals surface area contributed by atoms with Crippen LogP contribution < -0.4 is 5.32 Å². The van der Waals surface area contributed by atoms with Crippen LogP contribution in [-0.2, 0) is 19.1 Å². The van der Waals surface area contributed by atoms with Crippen LogP contribution in [0.3, 0.4) is 0 Å². The standard InChI is InChI=1S/C18H19Cl2NO5/c1-26-16(22)9-15(10-6-7-13(19)14(20)8-10)21-17(23)11-4-2-3-5-12(11)18(24)25/h2-3,6-8,11-12,15H,4-5,9H2,1H3,(H,21,23)(H,24,25)/t11-,12-,15-/m0/s1. The molecular formula is C18H19Cl2NO5. The monoisotopic (exact) mass is 399 g/mol. The van der Waals surface area contributed by atoms with E-state index in [-0.39, 0.29) is 11.4 Å². The van der Waals surface area contributed by atoms with Gasteiger partial charge in [0.2, 0.25) is 5.91 Å². The van der Waals surface area contributed by atoms with Gasteiger partial charge < -0.3 is 15.2 Å². The SMILES string of the molecule is COC(=O)C[C@H](NC(=O)[C@H]1CC=CC[C@@H]1C(=O)O)c1ccc(Cl)c(Cl)c1. The molecule has 1 aromatic rings. The van der Waals surface area contributed by atoms with Crippen molar-refractivity contribution in [1.82, 2.24) is 5.32 Å². The number of hydrogen-bond donors (Lipinski definition) is 2.